The maximum atomic E-state index is 2.21. The molecule has 0 rings (SSSR count). The summed E-state index contributed by atoms with van der Waals surface area (Å²) in [6.07, 6.45) is 7.97. The molecule has 0 aromatic rings. The molecular formula is C26H72. The molecule has 0 aliphatic heterocycles. The lowest BCUT2D eigenvalue weighted by Crippen LogP contribution is -1.59. The lowest BCUT2D eigenvalue weighted by atomic mass is 10.3. The normalized spacial score (nSPS) is 5.08. The van der Waals surface area contributed by atoms with E-state index in [0.717, 1.165) is 0 Å². The van der Waals surface area contributed by atoms with Crippen LogP contribution < -0.4 is 0 Å². The molecule has 0 saturated heterocycles. The van der Waals surface area contributed by atoms with E-state index < -0.39 is 0 Å². The minimum atomic E-state index is 1.25. The zero-order valence-corrected chi connectivity index (χ0v) is 24.2. The van der Waals surface area contributed by atoms with Gasteiger partial charge < -0.3 is 0 Å². The summed E-state index contributed by atoms with van der Waals surface area (Å²) in [6.45, 7) is 41.0. The van der Waals surface area contributed by atoms with Gasteiger partial charge in [-0.05, 0) is 0 Å². The third-order valence-corrected chi connectivity index (χ3v) is 1.21. The van der Waals surface area contributed by atoms with E-state index >= 15 is 0 Å². The maximum Gasteiger partial charge on any atom is -0.0538 e. The standard InChI is InChI=1S/C5H12.C4H10.C3H8.7C2H6/c1-3-5-4-2;1-3-4-2;1-3-2;7*1-2/h3-5H2,1-2H3;3-4H2,1-2H3;3H2,1-2H3;7*1-2H3. The van der Waals surface area contributed by atoms with Gasteiger partial charge in [0.25, 0.3) is 0 Å². The molecule has 0 nitrogen and oxygen atoms in total. The van der Waals surface area contributed by atoms with E-state index in [2.05, 4.69) is 41.5 Å². The predicted molar refractivity (Wildman–Crippen MR) is 141 cm³/mol. The van der Waals surface area contributed by atoms with Crippen LogP contribution in [0.25, 0.3) is 0 Å². The molecule has 0 N–H and O–H groups in total. The average Bonchev–Trinajstić information content (AvgIpc) is 2.79. The first-order chi connectivity index (χ1) is 12.7. The summed E-state index contributed by atoms with van der Waals surface area (Å²) >= 11 is 0. The quantitative estimate of drug-likeness (QED) is 0.453. The van der Waals surface area contributed by atoms with Crippen LogP contribution in [0, 0.1) is 0 Å². The van der Waals surface area contributed by atoms with Gasteiger partial charge in [0.05, 0.1) is 0 Å². The molecule has 0 aromatic carbocycles. The monoisotopic (exact) mass is 385 g/mol. The molecule has 0 spiro atoms. The molecule has 0 unspecified atom stereocenters. The Morgan fingerprint density at radius 2 is 0.385 bits per heavy atom. The van der Waals surface area contributed by atoms with Crippen LogP contribution in [0.15, 0.2) is 0 Å². The highest BCUT2D eigenvalue weighted by atomic mass is 13.7. The molecule has 0 heterocycles. The third kappa shape index (κ3) is 1410. The topological polar surface area (TPSA) is 0 Å². The molecule has 0 saturated carbocycles. The second-order valence-electron chi connectivity index (χ2n) is 3.06. The van der Waals surface area contributed by atoms with E-state index in [1.54, 1.807) is 0 Å². The Labute approximate surface area is 177 Å². The molecule has 0 fully saturated rings. The Kier molecular flexibility index (Phi) is 977. The molecule has 26 heavy (non-hydrogen) atoms. The molecule has 0 radical (unpaired) electrons. The molecule has 0 bridgehead atoms. The number of unbranched alkanes of at least 4 members (excludes halogenated alkanes) is 3. The first kappa shape index (κ1) is 63.5. The first-order valence-corrected chi connectivity index (χ1v) is 12.7. The van der Waals surface area contributed by atoms with Crippen molar-refractivity contribution >= 4 is 0 Å². The van der Waals surface area contributed by atoms with E-state index in [1.807, 2.05) is 96.9 Å². The maximum absolute atomic E-state index is 2.21. The third-order valence-electron chi connectivity index (χ3n) is 1.21. The number of rotatable bonds is 3. The van der Waals surface area contributed by atoms with E-state index in [0.29, 0.717) is 0 Å². The van der Waals surface area contributed by atoms with Crippen molar-refractivity contribution in [1.82, 2.24) is 0 Å². The summed E-state index contributed by atoms with van der Waals surface area (Å²) in [4.78, 5) is 0. The Balaban J connectivity index is -0.0000000141. The fourth-order valence-corrected chi connectivity index (χ4v) is 0.354. The summed E-state index contributed by atoms with van der Waals surface area (Å²) in [6, 6.07) is 0. The molecule has 0 atom stereocenters. The van der Waals surface area contributed by atoms with Crippen LogP contribution in [-0.4, -0.2) is 0 Å². The Bertz CT molecular complexity index is 27.0. The van der Waals surface area contributed by atoms with Gasteiger partial charge in [-0.3, -0.25) is 0 Å². The van der Waals surface area contributed by atoms with Crippen LogP contribution in [-0.2, 0) is 0 Å². The lowest BCUT2D eigenvalue weighted by molar-refractivity contribution is 0.772. The SMILES string of the molecule is CC.CC.CC.CC.CC.CC.CC.CCC.CCCC.CCCCC. The van der Waals surface area contributed by atoms with Gasteiger partial charge in [0.15, 0.2) is 0 Å². The van der Waals surface area contributed by atoms with Crippen molar-refractivity contribution in [3.63, 3.8) is 0 Å². The lowest BCUT2D eigenvalue weighted by Gasteiger charge is -1.79. The van der Waals surface area contributed by atoms with Crippen LogP contribution >= 0.6 is 0 Å². The van der Waals surface area contributed by atoms with Gasteiger partial charge in [-0.15, -0.1) is 0 Å². The molecule has 0 heteroatoms. The highest BCUT2D eigenvalue weighted by Gasteiger charge is 1.68. The molecular weight excluding hydrogens is 312 g/mol. The van der Waals surface area contributed by atoms with Gasteiger partial charge in [-0.1, -0.05) is 177 Å². The average molecular weight is 385 g/mol. The van der Waals surface area contributed by atoms with Crippen LogP contribution in [0.2, 0.25) is 0 Å². The molecule has 0 aromatic heterocycles. The van der Waals surface area contributed by atoms with Crippen molar-refractivity contribution < 1.29 is 0 Å². The zero-order chi connectivity index (χ0) is 24.2. The summed E-state index contributed by atoms with van der Waals surface area (Å²) < 4.78 is 0. The Hall–Kier alpha value is 0. The molecule has 176 valence electrons. The zero-order valence-electron chi connectivity index (χ0n) is 24.2. The van der Waals surface area contributed by atoms with Crippen LogP contribution in [0.5, 0.6) is 0 Å². The van der Waals surface area contributed by atoms with Crippen molar-refractivity contribution in [2.24, 2.45) is 0 Å². The van der Waals surface area contributed by atoms with Crippen LogP contribution in [0.1, 0.15) is 177 Å². The van der Waals surface area contributed by atoms with Gasteiger partial charge >= 0.3 is 0 Å². The second-order valence-corrected chi connectivity index (χ2v) is 3.06. The van der Waals surface area contributed by atoms with E-state index in [1.165, 1.54) is 38.5 Å². The Morgan fingerprint density at radius 3 is 0.385 bits per heavy atom. The van der Waals surface area contributed by atoms with Crippen molar-refractivity contribution in [2.75, 3.05) is 0 Å². The van der Waals surface area contributed by atoms with Crippen molar-refractivity contribution in [3.8, 4) is 0 Å². The van der Waals surface area contributed by atoms with E-state index in [4.69, 9.17) is 0 Å². The van der Waals surface area contributed by atoms with Gasteiger partial charge in [0.2, 0.25) is 0 Å². The summed E-state index contributed by atoms with van der Waals surface area (Å²) in [5.74, 6) is 0. The first-order valence-electron chi connectivity index (χ1n) is 12.7. The fraction of sp³-hybridized carbons (Fsp3) is 1.00. The van der Waals surface area contributed by atoms with Crippen LogP contribution in [0.3, 0.4) is 0 Å². The minimum Gasteiger partial charge on any atom is -0.0683 e. The summed E-state index contributed by atoms with van der Waals surface area (Å²) in [5, 5.41) is 0. The van der Waals surface area contributed by atoms with Crippen molar-refractivity contribution in [3.05, 3.63) is 0 Å². The van der Waals surface area contributed by atoms with Crippen molar-refractivity contribution in [2.45, 2.75) is 177 Å². The minimum absolute atomic E-state index is 1.25. The number of hydrogen-bond acceptors (Lipinski definition) is 0. The van der Waals surface area contributed by atoms with Crippen molar-refractivity contribution in [1.29, 1.82) is 0 Å². The number of hydrogen-bond donors (Lipinski definition) is 0. The molecule has 0 aliphatic carbocycles. The van der Waals surface area contributed by atoms with Crippen LogP contribution in [0.4, 0.5) is 0 Å². The second kappa shape index (κ2) is 400. The summed E-state index contributed by atoms with van der Waals surface area (Å²) in [5.41, 5.74) is 0. The largest absolute Gasteiger partial charge is 0.0683 e. The smallest absolute Gasteiger partial charge is 0.0538 e. The van der Waals surface area contributed by atoms with Gasteiger partial charge in [0, 0.05) is 0 Å². The summed E-state index contributed by atoms with van der Waals surface area (Å²) in [7, 11) is 0. The highest BCUT2D eigenvalue weighted by Crippen LogP contribution is 1.88. The van der Waals surface area contributed by atoms with E-state index in [9.17, 15) is 0 Å². The Morgan fingerprint density at radius 1 is 0.269 bits per heavy atom. The molecule has 0 amide bonds. The predicted octanol–water partition coefficient (Wildman–Crippen LogP) is 12.6. The highest BCUT2D eigenvalue weighted by molar-refractivity contribution is 4.24. The molecule has 0 aliphatic rings. The van der Waals surface area contributed by atoms with Gasteiger partial charge in [0.1, 0.15) is 0 Å². The van der Waals surface area contributed by atoms with Gasteiger partial charge in [-0.2, -0.15) is 0 Å². The fourth-order valence-electron chi connectivity index (χ4n) is 0.354. The van der Waals surface area contributed by atoms with Gasteiger partial charge in [-0.25, -0.2) is 0 Å². The van der Waals surface area contributed by atoms with E-state index in [-0.39, 0.29) is 0 Å².